The summed E-state index contributed by atoms with van der Waals surface area (Å²) in [4.78, 5) is 34.8. The van der Waals surface area contributed by atoms with Crippen LogP contribution in [0.25, 0.3) is 28.2 Å². The lowest BCUT2D eigenvalue weighted by molar-refractivity contribution is -0.116. The lowest BCUT2D eigenvalue weighted by Gasteiger charge is -2.08. The van der Waals surface area contributed by atoms with Gasteiger partial charge in [-0.2, -0.15) is 0 Å². The van der Waals surface area contributed by atoms with Gasteiger partial charge in [-0.15, -0.1) is 0 Å². The summed E-state index contributed by atoms with van der Waals surface area (Å²) in [6.45, 7) is 0.00515. The van der Waals surface area contributed by atoms with Gasteiger partial charge in [0.1, 0.15) is 6.54 Å². The van der Waals surface area contributed by atoms with Gasteiger partial charge in [-0.25, -0.2) is 9.38 Å². The van der Waals surface area contributed by atoms with Crippen LogP contribution in [0, 0.1) is 0 Å². The quantitative estimate of drug-likeness (QED) is 0.425. The van der Waals surface area contributed by atoms with Crippen LogP contribution < -0.4 is 10.9 Å². The summed E-state index contributed by atoms with van der Waals surface area (Å²) in [6.07, 6.45) is 1.65. The molecule has 5 rings (SSSR count). The van der Waals surface area contributed by atoms with Crippen LogP contribution in [0.2, 0.25) is 0 Å². The molecule has 8 heteroatoms. The van der Waals surface area contributed by atoms with Crippen molar-refractivity contribution < 1.29 is 4.79 Å². The van der Waals surface area contributed by atoms with Gasteiger partial charge in [-0.1, -0.05) is 34.1 Å². The van der Waals surface area contributed by atoms with Gasteiger partial charge in [-0.05, 0) is 48.5 Å². The minimum atomic E-state index is -0.228. The largest absolute Gasteiger partial charge is 0.325 e. The maximum atomic E-state index is 13.0. The fraction of sp³-hybridized carbons (Fsp3) is 0.0435. The zero-order chi connectivity index (χ0) is 21.4. The number of nitrogens with one attached hydrogen (secondary N) is 1. The highest BCUT2D eigenvalue weighted by molar-refractivity contribution is 9.10. The summed E-state index contributed by atoms with van der Waals surface area (Å²) < 4.78 is 4.20. The Balaban J connectivity index is 1.63. The molecule has 0 aliphatic heterocycles. The minimum Gasteiger partial charge on any atom is -0.325 e. The fourth-order valence-electron chi connectivity index (χ4n) is 3.55. The average Bonchev–Trinajstić information content (AvgIpc) is 3.10. The topological polar surface area (TPSA) is 81.3 Å². The lowest BCUT2D eigenvalue weighted by Crippen LogP contribution is -2.20. The van der Waals surface area contributed by atoms with E-state index >= 15 is 0 Å². The molecular formula is C23H16BrN5O2. The SMILES string of the molecule is O=C(Cn1c2ccccc2n2c(=O)cc(-c3ccccn3)nc12)Nc1ccc(Br)cc1. The molecule has 0 unspecified atom stereocenters. The van der Waals surface area contributed by atoms with Gasteiger partial charge in [0, 0.05) is 22.4 Å². The Bertz CT molecular complexity index is 1470. The van der Waals surface area contributed by atoms with Crippen LogP contribution in [0.1, 0.15) is 0 Å². The molecular weight excluding hydrogens is 458 g/mol. The predicted octanol–water partition coefficient (Wildman–Crippen LogP) is 4.11. The maximum Gasteiger partial charge on any atom is 0.260 e. The fourth-order valence-corrected chi connectivity index (χ4v) is 3.81. The van der Waals surface area contributed by atoms with Crippen LogP contribution in [0.5, 0.6) is 0 Å². The third-order valence-corrected chi connectivity index (χ3v) is 5.44. The van der Waals surface area contributed by atoms with Gasteiger partial charge in [0.15, 0.2) is 0 Å². The zero-order valence-electron chi connectivity index (χ0n) is 16.2. The summed E-state index contributed by atoms with van der Waals surface area (Å²) in [5.41, 5.74) is 2.96. The van der Waals surface area contributed by atoms with E-state index in [1.54, 1.807) is 22.9 Å². The summed E-state index contributed by atoms with van der Waals surface area (Å²) in [7, 11) is 0. The van der Waals surface area contributed by atoms with Gasteiger partial charge in [0.05, 0.1) is 22.4 Å². The molecule has 0 aliphatic carbocycles. The number of fused-ring (bicyclic) bond motifs is 3. The number of nitrogens with zero attached hydrogens (tertiary/aromatic N) is 4. The molecule has 1 N–H and O–H groups in total. The van der Waals surface area contributed by atoms with E-state index in [-0.39, 0.29) is 18.0 Å². The first-order valence-electron chi connectivity index (χ1n) is 9.58. The zero-order valence-corrected chi connectivity index (χ0v) is 17.8. The van der Waals surface area contributed by atoms with Gasteiger partial charge < -0.3 is 9.88 Å². The van der Waals surface area contributed by atoms with E-state index in [0.717, 1.165) is 9.99 Å². The third kappa shape index (κ3) is 3.62. The molecule has 5 aromatic rings. The molecule has 0 bridgehead atoms. The van der Waals surface area contributed by atoms with Crippen molar-refractivity contribution in [2.45, 2.75) is 6.54 Å². The molecule has 2 aromatic carbocycles. The number of amides is 1. The number of hydrogen-bond acceptors (Lipinski definition) is 4. The van der Waals surface area contributed by atoms with Crippen molar-refractivity contribution in [1.29, 1.82) is 0 Å². The van der Waals surface area contributed by atoms with Crippen molar-refractivity contribution in [3.63, 3.8) is 0 Å². The van der Waals surface area contributed by atoms with Crippen molar-refractivity contribution >= 4 is 44.3 Å². The molecule has 0 saturated heterocycles. The molecule has 7 nitrogen and oxygen atoms in total. The highest BCUT2D eigenvalue weighted by atomic mass is 79.9. The first-order valence-corrected chi connectivity index (χ1v) is 10.4. The molecule has 31 heavy (non-hydrogen) atoms. The number of aromatic nitrogens is 4. The predicted molar refractivity (Wildman–Crippen MR) is 123 cm³/mol. The molecule has 0 aliphatic rings. The second-order valence-corrected chi connectivity index (χ2v) is 7.88. The van der Waals surface area contributed by atoms with Crippen LogP contribution in [-0.4, -0.2) is 24.8 Å². The Morgan fingerprint density at radius 3 is 2.42 bits per heavy atom. The summed E-state index contributed by atoms with van der Waals surface area (Å²) in [5.74, 6) is 0.170. The normalized spacial score (nSPS) is 11.1. The molecule has 0 radical (unpaired) electrons. The number of para-hydroxylation sites is 2. The maximum absolute atomic E-state index is 13.0. The van der Waals surface area contributed by atoms with E-state index in [1.807, 2.05) is 54.6 Å². The highest BCUT2D eigenvalue weighted by Crippen LogP contribution is 2.21. The monoisotopic (exact) mass is 473 g/mol. The smallest absolute Gasteiger partial charge is 0.260 e. The number of halogens is 1. The molecule has 1 amide bonds. The number of carbonyl (C=O) groups excluding carboxylic acids is 1. The van der Waals surface area contributed by atoms with Crippen molar-refractivity contribution in [3.05, 3.63) is 93.8 Å². The van der Waals surface area contributed by atoms with Crippen molar-refractivity contribution in [2.75, 3.05) is 5.32 Å². The van der Waals surface area contributed by atoms with E-state index in [2.05, 4.69) is 26.2 Å². The Morgan fingerprint density at radius 1 is 0.935 bits per heavy atom. The van der Waals surface area contributed by atoms with E-state index in [9.17, 15) is 9.59 Å². The second-order valence-electron chi connectivity index (χ2n) is 6.96. The number of carbonyl (C=O) groups is 1. The molecule has 0 saturated carbocycles. The van der Waals surface area contributed by atoms with Crippen molar-refractivity contribution in [1.82, 2.24) is 18.9 Å². The Kier molecular flexibility index (Phi) is 4.83. The number of benzene rings is 2. The third-order valence-electron chi connectivity index (χ3n) is 4.91. The van der Waals surface area contributed by atoms with Crippen LogP contribution in [0.3, 0.4) is 0 Å². The first kappa shape index (κ1) is 19.2. The van der Waals surface area contributed by atoms with Crippen LogP contribution >= 0.6 is 15.9 Å². The standard InChI is InChI=1S/C23H16BrN5O2/c24-15-8-10-16(11-9-15)26-21(30)14-28-19-6-1-2-7-20(19)29-22(31)13-18(27-23(28)29)17-5-3-4-12-25-17/h1-13H,14H2,(H,26,30). The van der Waals surface area contributed by atoms with E-state index in [1.165, 1.54) is 10.5 Å². The van der Waals surface area contributed by atoms with Crippen molar-refractivity contribution in [3.8, 4) is 11.4 Å². The molecule has 0 fully saturated rings. The molecule has 0 atom stereocenters. The molecule has 3 aromatic heterocycles. The van der Waals surface area contributed by atoms with Gasteiger partial charge in [-0.3, -0.25) is 14.6 Å². The number of hydrogen-bond donors (Lipinski definition) is 1. The molecule has 152 valence electrons. The number of rotatable bonds is 4. The van der Waals surface area contributed by atoms with Crippen LogP contribution in [-0.2, 0) is 11.3 Å². The highest BCUT2D eigenvalue weighted by Gasteiger charge is 2.17. The Hall–Kier alpha value is -3.78. The first-order chi connectivity index (χ1) is 15.1. The number of pyridine rings is 1. The van der Waals surface area contributed by atoms with Crippen LogP contribution in [0.4, 0.5) is 5.69 Å². The summed E-state index contributed by atoms with van der Waals surface area (Å²) in [6, 6.07) is 21.7. The van der Waals surface area contributed by atoms with Gasteiger partial charge in [0.25, 0.3) is 5.56 Å². The number of anilines is 1. The lowest BCUT2D eigenvalue weighted by atomic mass is 10.2. The van der Waals surface area contributed by atoms with E-state index in [0.29, 0.717) is 28.4 Å². The van der Waals surface area contributed by atoms with Crippen molar-refractivity contribution in [2.24, 2.45) is 0 Å². The average molecular weight is 474 g/mol. The van der Waals surface area contributed by atoms with Gasteiger partial charge >= 0.3 is 0 Å². The number of imidazole rings is 1. The molecule has 3 heterocycles. The Morgan fingerprint density at radius 2 is 1.68 bits per heavy atom. The van der Waals surface area contributed by atoms with E-state index < -0.39 is 0 Å². The molecule has 0 spiro atoms. The summed E-state index contributed by atoms with van der Waals surface area (Å²) in [5, 5.41) is 2.89. The Labute approximate surface area is 185 Å². The van der Waals surface area contributed by atoms with Crippen LogP contribution in [0.15, 0.2) is 88.3 Å². The second kappa shape index (κ2) is 7.81. The summed E-state index contributed by atoms with van der Waals surface area (Å²) >= 11 is 3.38. The minimum absolute atomic E-state index is 0.00515. The van der Waals surface area contributed by atoms with Gasteiger partial charge in [0.2, 0.25) is 11.7 Å². The van der Waals surface area contributed by atoms with E-state index in [4.69, 9.17) is 4.98 Å².